The number of rotatable bonds is 2. The first-order valence-corrected chi connectivity index (χ1v) is 9.45. The Hall–Kier alpha value is -2.81. The van der Waals surface area contributed by atoms with Gasteiger partial charge in [0.15, 0.2) is 0 Å². The van der Waals surface area contributed by atoms with E-state index in [1.54, 1.807) is 0 Å². The van der Waals surface area contributed by atoms with Crippen LogP contribution in [0.1, 0.15) is 24.8 Å². The number of hydrogen-bond donors (Lipinski definition) is 1. The van der Waals surface area contributed by atoms with E-state index in [0.717, 1.165) is 30.6 Å². The molecule has 1 N–H and O–H groups in total. The molecule has 1 fully saturated rings. The molecule has 0 bridgehead atoms. The van der Waals surface area contributed by atoms with Gasteiger partial charge in [0.1, 0.15) is 0 Å². The van der Waals surface area contributed by atoms with Crippen molar-refractivity contribution in [2.45, 2.75) is 31.8 Å². The van der Waals surface area contributed by atoms with Gasteiger partial charge in [-0.2, -0.15) is 0 Å². The SMILES string of the molecule is O=C1[C@H]2CCC[C@H]2Nc2ccccc2N1Cc1cccc2ccccc12. The largest absolute Gasteiger partial charge is 0.380 e. The Kier molecular flexibility index (Phi) is 3.66. The molecule has 3 nitrogen and oxygen atoms in total. The first-order chi connectivity index (χ1) is 12.8. The minimum absolute atomic E-state index is 0.0809. The standard InChI is InChI=1S/C23H22N2O/c26-23-19-11-6-13-20(19)24-21-12-3-4-14-22(21)25(23)15-17-9-5-8-16-7-1-2-10-18(16)17/h1-5,7-10,12,14,19-20,24H,6,11,13,15H2/t19-,20+/m0/s1. The fourth-order valence-electron chi connectivity index (χ4n) is 4.54. The Morgan fingerprint density at radius 1 is 0.923 bits per heavy atom. The topological polar surface area (TPSA) is 32.3 Å². The summed E-state index contributed by atoms with van der Waals surface area (Å²) in [6, 6.07) is 23.3. The molecule has 3 aromatic carbocycles. The summed E-state index contributed by atoms with van der Waals surface area (Å²) in [4.78, 5) is 15.4. The molecular weight excluding hydrogens is 320 g/mol. The number of anilines is 2. The first-order valence-electron chi connectivity index (χ1n) is 9.45. The summed E-state index contributed by atoms with van der Waals surface area (Å²) in [5, 5.41) is 6.08. The van der Waals surface area contributed by atoms with E-state index in [4.69, 9.17) is 0 Å². The van der Waals surface area contributed by atoms with E-state index in [0.29, 0.717) is 6.54 Å². The summed E-state index contributed by atoms with van der Waals surface area (Å²) in [6.45, 7) is 0.613. The molecule has 3 heteroatoms. The molecule has 3 aromatic rings. The van der Waals surface area contributed by atoms with E-state index in [-0.39, 0.29) is 17.9 Å². The quantitative estimate of drug-likeness (QED) is 0.713. The third kappa shape index (κ3) is 2.47. The van der Waals surface area contributed by atoms with Crippen LogP contribution >= 0.6 is 0 Å². The van der Waals surface area contributed by atoms with Crippen molar-refractivity contribution in [2.24, 2.45) is 5.92 Å². The highest BCUT2D eigenvalue weighted by Gasteiger charge is 2.39. The van der Waals surface area contributed by atoms with Crippen molar-refractivity contribution in [3.05, 3.63) is 72.3 Å². The van der Waals surface area contributed by atoms with Crippen molar-refractivity contribution in [3.63, 3.8) is 0 Å². The van der Waals surface area contributed by atoms with Crippen LogP contribution in [0.15, 0.2) is 66.7 Å². The minimum atomic E-state index is 0.0809. The zero-order chi connectivity index (χ0) is 17.5. The molecule has 0 saturated heterocycles. The molecule has 0 aromatic heterocycles. The number of benzene rings is 3. The van der Waals surface area contributed by atoms with Crippen LogP contribution in [-0.4, -0.2) is 11.9 Å². The zero-order valence-electron chi connectivity index (χ0n) is 14.7. The molecule has 5 rings (SSSR count). The number of carbonyl (C=O) groups excluding carboxylic acids is 1. The summed E-state index contributed by atoms with van der Waals surface area (Å²) < 4.78 is 0. The van der Waals surface area contributed by atoms with Crippen LogP contribution in [0.3, 0.4) is 0 Å². The number of nitrogens with one attached hydrogen (secondary N) is 1. The number of amides is 1. The third-order valence-electron chi connectivity index (χ3n) is 5.84. The Labute approximate surface area is 153 Å². The van der Waals surface area contributed by atoms with Crippen molar-refractivity contribution in [1.82, 2.24) is 0 Å². The van der Waals surface area contributed by atoms with E-state index in [2.05, 4.69) is 59.9 Å². The number of nitrogens with zero attached hydrogens (tertiary/aromatic N) is 1. The lowest BCUT2D eigenvalue weighted by Gasteiger charge is -2.25. The van der Waals surface area contributed by atoms with Crippen LogP contribution in [0.2, 0.25) is 0 Å². The van der Waals surface area contributed by atoms with Crippen LogP contribution in [0, 0.1) is 5.92 Å². The summed E-state index contributed by atoms with van der Waals surface area (Å²) in [6.07, 6.45) is 3.18. The average molecular weight is 342 g/mol. The Bertz CT molecular complexity index is 975. The molecule has 26 heavy (non-hydrogen) atoms. The van der Waals surface area contributed by atoms with E-state index in [9.17, 15) is 4.79 Å². The fraction of sp³-hybridized carbons (Fsp3) is 0.261. The third-order valence-corrected chi connectivity index (χ3v) is 5.84. The van der Waals surface area contributed by atoms with Gasteiger partial charge in [-0.25, -0.2) is 0 Å². The van der Waals surface area contributed by atoms with Gasteiger partial charge in [-0.1, -0.05) is 61.0 Å². The van der Waals surface area contributed by atoms with Crippen LogP contribution in [-0.2, 0) is 11.3 Å². The van der Waals surface area contributed by atoms with Crippen molar-refractivity contribution in [3.8, 4) is 0 Å². The predicted octanol–water partition coefficient (Wildman–Crippen LogP) is 4.97. The van der Waals surface area contributed by atoms with Gasteiger partial charge in [0.2, 0.25) is 5.91 Å². The molecule has 2 atom stereocenters. The molecule has 1 heterocycles. The van der Waals surface area contributed by atoms with Gasteiger partial charge in [0.05, 0.1) is 23.8 Å². The lowest BCUT2D eigenvalue weighted by atomic mass is 10.0. The summed E-state index contributed by atoms with van der Waals surface area (Å²) in [5.74, 6) is 0.343. The lowest BCUT2D eigenvalue weighted by Crippen LogP contribution is -2.38. The number of fused-ring (bicyclic) bond motifs is 3. The van der Waals surface area contributed by atoms with E-state index < -0.39 is 0 Å². The Balaban J connectivity index is 1.61. The maximum absolute atomic E-state index is 13.4. The van der Waals surface area contributed by atoms with Crippen LogP contribution in [0.4, 0.5) is 11.4 Å². The molecule has 0 spiro atoms. The van der Waals surface area contributed by atoms with Crippen LogP contribution in [0.5, 0.6) is 0 Å². The molecule has 0 unspecified atom stereocenters. The maximum Gasteiger partial charge on any atom is 0.232 e. The van der Waals surface area contributed by atoms with Gasteiger partial charge in [-0.15, -0.1) is 0 Å². The second-order valence-electron chi connectivity index (χ2n) is 7.37. The van der Waals surface area contributed by atoms with Crippen molar-refractivity contribution < 1.29 is 4.79 Å². The van der Waals surface area contributed by atoms with Crippen LogP contribution in [0.25, 0.3) is 10.8 Å². The van der Waals surface area contributed by atoms with Gasteiger partial charge in [0, 0.05) is 6.04 Å². The normalized spacial score (nSPS) is 21.8. The minimum Gasteiger partial charge on any atom is -0.380 e. The molecular formula is C23H22N2O. The molecule has 1 aliphatic heterocycles. The summed E-state index contributed by atoms with van der Waals surface area (Å²) in [7, 11) is 0. The summed E-state index contributed by atoms with van der Waals surface area (Å²) in [5.41, 5.74) is 3.28. The highest BCUT2D eigenvalue weighted by atomic mass is 16.2. The number of hydrogen-bond acceptors (Lipinski definition) is 2. The molecule has 1 amide bonds. The second-order valence-corrected chi connectivity index (χ2v) is 7.37. The zero-order valence-corrected chi connectivity index (χ0v) is 14.7. The summed E-state index contributed by atoms with van der Waals surface area (Å²) >= 11 is 0. The van der Waals surface area contributed by atoms with Gasteiger partial charge >= 0.3 is 0 Å². The van der Waals surface area contributed by atoms with E-state index >= 15 is 0 Å². The molecule has 130 valence electrons. The van der Waals surface area contributed by atoms with Gasteiger partial charge in [-0.05, 0) is 41.3 Å². The van der Waals surface area contributed by atoms with E-state index in [1.807, 2.05) is 17.0 Å². The van der Waals surface area contributed by atoms with Crippen LogP contribution < -0.4 is 10.2 Å². The molecule has 0 radical (unpaired) electrons. The molecule has 2 aliphatic rings. The maximum atomic E-state index is 13.4. The Morgan fingerprint density at radius 3 is 2.69 bits per heavy atom. The van der Waals surface area contributed by atoms with E-state index in [1.165, 1.54) is 16.3 Å². The predicted molar refractivity (Wildman–Crippen MR) is 106 cm³/mol. The fourth-order valence-corrected chi connectivity index (χ4v) is 4.54. The number of para-hydroxylation sites is 2. The van der Waals surface area contributed by atoms with Gasteiger partial charge in [0.25, 0.3) is 0 Å². The van der Waals surface area contributed by atoms with Crippen molar-refractivity contribution in [1.29, 1.82) is 0 Å². The van der Waals surface area contributed by atoms with Gasteiger partial charge in [-0.3, -0.25) is 4.79 Å². The average Bonchev–Trinajstić information content (AvgIpc) is 3.11. The number of carbonyl (C=O) groups is 1. The lowest BCUT2D eigenvalue weighted by molar-refractivity contribution is -0.122. The molecule has 1 saturated carbocycles. The highest BCUT2D eigenvalue weighted by molar-refractivity contribution is 6.01. The van der Waals surface area contributed by atoms with Crippen molar-refractivity contribution in [2.75, 3.05) is 10.2 Å². The molecule has 1 aliphatic carbocycles. The Morgan fingerprint density at radius 2 is 1.73 bits per heavy atom. The van der Waals surface area contributed by atoms with Crippen molar-refractivity contribution >= 4 is 28.1 Å². The monoisotopic (exact) mass is 342 g/mol. The van der Waals surface area contributed by atoms with Gasteiger partial charge < -0.3 is 10.2 Å². The second kappa shape index (κ2) is 6.17. The smallest absolute Gasteiger partial charge is 0.232 e. The highest BCUT2D eigenvalue weighted by Crippen LogP contribution is 2.39. The first kappa shape index (κ1) is 15.4.